The van der Waals surface area contributed by atoms with Gasteiger partial charge in [-0.1, -0.05) is 20.3 Å². The van der Waals surface area contributed by atoms with Crippen molar-refractivity contribution in [2.24, 2.45) is 18.7 Å². The molecule has 2 aromatic heterocycles. The Morgan fingerprint density at radius 3 is 2.88 bits per heavy atom. The second kappa shape index (κ2) is 4.22. The van der Waals surface area contributed by atoms with Crippen molar-refractivity contribution < 1.29 is 0 Å². The van der Waals surface area contributed by atoms with Gasteiger partial charge in [-0.05, 0) is 12.0 Å². The normalized spacial score (nSPS) is 15.2. The van der Waals surface area contributed by atoms with Crippen molar-refractivity contribution in [1.29, 1.82) is 0 Å². The van der Waals surface area contributed by atoms with Crippen molar-refractivity contribution in [2.75, 3.05) is 0 Å². The number of imidazole rings is 1. The predicted molar refractivity (Wildman–Crippen MR) is 64.9 cm³/mol. The Labute approximate surface area is 95.5 Å². The molecular formula is C12H18N4. The van der Waals surface area contributed by atoms with Gasteiger partial charge in [0, 0.05) is 13.2 Å². The number of nitrogens with zero attached hydrogens (tertiary/aromatic N) is 3. The first-order valence-corrected chi connectivity index (χ1v) is 5.67. The van der Waals surface area contributed by atoms with E-state index in [1.807, 2.05) is 13.1 Å². The average Bonchev–Trinajstić information content (AvgIpc) is 2.65. The van der Waals surface area contributed by atoms with E-state index in [9.17, 15) is 0 Å². The van der Waals surface area contributed by atoms with Crippen LogP contribution in [0, 0.1) is 5.92 Å². The number of pyridine rings is 1. The number of hydrogen-bond donors (Lipinski definition) is 1. The van der Waals surface area contributed by atoms with Crippen LogP contribution in [0.1, 0.15) is 32.1 Å². The van der Waals surface area contributed by atoms with Crippen LogP contribution in [-0.2, 0) is 7.05 Å². The summed E-state index contributed by atoms with van der Waals surface area (Å²) in [4.78, 5) is 8.63. The van der Waals surface area contributed by atoms with E-state index in [0.717, 1.165) is 23.3 Å². The minimum atomic E-state index is -0.0117. The summed E-state index contributed by atoms with van der Waals surface area (Å²) < 4.78 is 2.06. The molecule has 0 aromatic carbocycles. The molecule has 4 nitrogen and oxygen atoms in total. The van der Waals surface area contributed by atoms with Gasteiger partial charge >= 0.3 is 0 Å². The number of fused-ring (bicyclic) bond motifs is 1. The molecule has 0 aliphatic heterocycles. The maximum Gasteiger partial charge on any atom is 0.126 e. The zero-order valence-electron chi connectivity index (χ0n) is 10.0. The molecular weight excluding hydrogens is 200 g/mol. The van der Waals surface area contributed by atoms with Crippen LogP contribution in [0.15, 0.2) is 18.5 Å². The molecule has 0 fully saturated rings. The fraction of sp³-hybridized carbons (Fsp3) is 0.500. The van der Waals surface area contributed by atoms with Gasteiger partial charge < -0.3 is 10.3 Å². The van der Waals surface area contributed by atoms with Gasteiger partial charge in [-0.25, -0.2) is 4.98 Å². The van der Waals surface area contributed by atoms with Gasteiger partial charge in [-0.3, -0.25) is 4.98 Å². The molecule has 4 heteroatoms. The van der Waals surface area contributed by atoms with Crippen molar-refractivity contribution >= 4 is 11.0 Å². The van der Waals surface area contributed by atoms with E-state index >= 15 is 0 Å². The summed E-state index contributed by atoms with van der Waals surface area (Å²) in [6.45, 7) is 4.30. The van der Waals surface area contributed by atoms with Crippen LogP contribution in [0.2, 0.25) is 0 Å². The van der Waals surface area contributed by atoms with E-state index in [4.69, 9.17) is 5.73 Å². The third-order valence-corrected chi connectivity index (χ3v) is 3.27. The number of rotatable bonds is 3. The Kier molecular flexibility index (Phi) is 2.92. The molecule has 0 saturated carbocycles. The summed E-state index contributed by atoms with van der Waals surface area (Å²) in [5.74, 6) is 1.38. The van der Waals surface area contributed by atoms with Gasteiger partial charge in [0.1, 0.15) is 11.3 Å². The monoisotopic (exact) mass is 218 g/mol. The van der Waals surface area contributed by atoms with Crippen molar-refractivity contribution in [1.82, 2.24) is 14.5 Å². The summed E-state index contributed by atoms with van der Waals surface area (Å²) in [6, 6.07) is 1.96. The van der Waals surface area contributed by atoms with Gasteiger partial charge in [-0.2, -0.15) is 0 Å². The smallest absolute Gasteiger partial charge is 0.126 e. The lowest BCUT2D eigenvalue weighted by Crippen LogP contribution is -2.22. The van der Waals surface area contributed by atoms with Gasteiger partial charge in [0.15, 0.2) is 0 Å². The Bertz CT molecular complexity index is 489. The van der Waals surface area contributed by atoms with Gasteiger partial charge in [0.25, 0.3) is 0 Å². The van der Waals surface area contributed by atoms with Crippen molar-refractivity contribution in [3.05, 3.63) is 24.3 Å². The van der Waals surface area contributed by atoms with Crippen LogP contribution in [0.4, 0.5) is 0 Å². The molecule has 2 atom stereocenters. The second-order valence-electron chi connectivity index (χ2n) is 4.30. The summed E-state index contributed by atoms with van der Waals surface area (Å²) >= 11 is 0. The average molecular weight is 218 g/mol. The summed E-state index contributed by atoms with van der Waals surface area (Å²) in [5.41, 5.74) is 8.21. The van der Waals surface area contributed by atoms with Crippen LogP contribution in [0.25, 0.3) is 11.0 Å². The Morgan fingerprint density at radius 1 is 1.50 bits per heavy atom. The topological polar surface area (TPSA) is 56.7 Å². The zero-order chi connectivity index (χ0) is 11.7. The number of aryl methyl sites for hydroxylation is 1. The molecule has 0 aliphatic carbocycles. The highest BCUT2D eigenvalue weighted by molar-refractivity contribution is 5.74. The number of aromatic nitrogens is 3. The molecule has 0 amide bonds. The lowest BCUT2D eigenvalue weighted by atomic mass is 9.99. The SMILES string of the molecule is CCC(C)C(N)c1nc2cnccc2n1C. The van der Waals surface area contributed by atoms with Gasteiger partial charge in [-0.15, -0.1) is 0 Å². The van der Waals surface area contributed by atoms with Gasteiger partial charge in [0.05, 0.1) is 17.8 Å². The fourth-order valence-electron chi connectivity index (χ4n) is 1.88. The van der Waals surface area contributed by atoms with E-state index in [1.54, 1.807) is 12.4 Å². The predicted octanol–water partition coefficient (Wildman–Crippen LogP) is 2.01. The van der Waals surface area contributed by atoms with E-state index in [-0.39, 0.29) is 6.04 Å². The van der Waals surface area contributed by atoms with E-state index in [1.165, 1.54) is 0 Å². The van der Waals surface area contributed by atoms with Crippen molar-refractivity contribution in [3.63, 3.8) is 0 Å². The Morgan fingerprint density at radius 2 is 2.25 bits per heavy atom. The standard InChI is InChI=1S/C12H18N4/c1-4-8(2)11(13)12-15-9-7-14-6-5-10(9)16(12)3/h5-8,11H,4,13H2,1-3H3. The lowest BCUT2D eigenvalue weighted by molar-refractivity contribution is 0.432. The largest absolute Gasteiger partial charge is 0.330 e. The third kappa shape index (κ3) is 1.69. The van der Waals surface area contributed by atoms with Crippen LogP contribution < -0.4 is 5.73 Å². The quantitative estimate of drug-likeness (QED) is 0.857. The molecule has 2 unspecified atom stereocenters. The molecule has 2 aromatic rings. The minimum absolute atomic E-state index is 0.0117. The molecule has 2 heterocycles. The van der Waals surface area contributed by atoms with Crippen molar-refractivity contribution in [3.8, 4) is 0 Å². The third-order valence-electron chi connectivity index (χ3n) is 3.27. The molecule has 86 valence electrons. The molecule has 2 N–H and O–H groups in total. The van der Waals surface area contributed by atoms with E-state index < -0.39 is 0 Å². The van der Waals surface area contributed by atoms with Crippen LogP contribution in [0.3, 0.4) is 0 Å². The minimum Gasteiger partial charge on any atom is -0.330 e. The summed E-state index contributed by atoms with van der Waals surface area (Å²) in [6.07, 6.45) is 4.62. The lowest BCUT2D eigenvalue weighted by Gasteiger charge is -2.17. The maximum atomic E-state index is 6.21. The number of hydrogen-bond acceptors (Lipinski definition) is 3. The van der Waals surface area contributed by atoms with E-state index in [0.29, 0.717) is 5.92 Å². The molecule has 0 bridgehead atoms. The molecule has 0 radical (unpaired) electrons. The number of nitrogens with two attached hydrogens (primary N) is 1. The molecule has 2 rings (SSSR count). The first-order valence-electron chi connectivity index (χ1n) is 5.67. The van der Waals surface area contributed by atoms with Crippen LogP contribution in [0.5, 0.6) is 0 Å². The van der Waals surface area contributed by atoms with Crippen LogP contribution in [-0.4, -0.2) is 14.5 Å². The highest BCUT2D eigenvalue weighted by Crippen LogP contribution is 2.23. The van der Waals surface area contributed by atoms with Gasteiger partial charge in [0.2, 0.25) is 0 Å². The first kappa shape index (κ1) is 11.1. The molecule has 0 spiro atoms. The Balaban J connectivity index is 2.49. The second-order valence-corrected chi connectivity index (χ2v) is 4.30. The highest BCUT2D eigenvalue weighted by Gasteiger charge is 2.19. The van der Waals surface area contributed by atoms with E-state index in [2.05, 4.69) is 28.4 Å². The van der Waals surface area contributed by atoms with Crippen LogP contribution >= 0.6 is 0 Å². The fourth-order valence-corrected chi connectivity index (χ4v) is 1.88. The first-order chi connectivity index (χ1) is 7.65. The summed E-state index contributed by atoms with van der Waals surface area (Å²) in [7, 11) is 2.01. The zero-order valence-corrected chi connectivity index (χ0v) is 10.0. The van der Waals surface area contributed by atoms with Crippen molar-refractivity contribution in [2.45, 2.75) is 26.3 Å². The Hall–Kier alpha value is -1.42. The summed E-state index contributed by atoms with van der Waals surface area (Å²) in [5, 5.41) is 0. The highest BCUT2D eigenvalue weighted by atomic mass is 15.1. The molecule has 0 saturated heterocycles. The molecule has 16 heavy (non-hydrogen) atoms. The maximum absolute atomic E-state index is 6.21. The molecule has 0 aliphatic rings.